The van der Waals surface area contributed by atoms with Crippen molar-refractivity contribution in [2.45, 2.75) is 64.7 Å². The molecule has 188 valence electrons. The number of aromatic hydroxyl groups is 1. The van der Waals surface area contributed by atoms with Crippen molar-refractivity contribution in [3.05, 3.63) is 59.0 Å². The van der Waals surface area contributed by atoms with Gasteiger partial charge in [-0.2, -0.15) is 0 Å². The van der Waals surface area contributed by atoms with Gasteiger partial charge >= 0.3 is 0 Å². The van der Waals surface area contributed by atoms with Crippen molar-refractivity contribution in [1.82, 2.24) is 14.9 Å². The van der Waals surface area contributed by atoms with E-state index in [4.69, 9.17) is 5.84 Å². The van der Waals surface area contributed by atoms with Crippen molar-refractivity contribution in [3.8, 4) is 11.4 Å². The highest BCUT2D eigenvalue weighted by Crippen LogP contribution is 2.47. The first-order valence-corrected chi connectivity index (χ1v) is 12.8. The van der Waals surface area contributed by atoms with E-state index in [9.17, 15) is 14.3 Å². The summed E-state index contributed by atoms with van der Waals surface area (Å²) >= 11 is 0. The number of aryl methyl sites for hydroxylation is 1. The number of nitrogens with zero attached hydrogens (tertiary/aromatic N) is 2. The van der Waals surface area contributed by atoms with Gasteiger partial charge < -0.3 is 14.6 Å². The number of benzene rings is 2. The van der Waals surface area contributed by atoms with Gasteiger partial charge in [-0.05, 0) is 99.1 Å². The largest absolute Gasteiger partial charge is 0.508 e. The molecule has 1 aromatic heterocycles. The van der Waals surface area contributed by atoms with Crippen LogP contribution in [0.25, 0.3) is 16.6 Å². The lowest BCUT2D eigenvalue weighted by Gasteiger charge is -2.28. The van der Waals surface area contributed by atoms with Crippen LogP contribution in [0.15, 0.2) is 36.4 Å². The molecule has 0 aliphatic heterocycles. The van der Waals surface area contributed by atoms with E-state index in [0.717, 1.165) is 78.7 Å². The van der Waals surface area contributed by atoms with Crippen LogP contribution < -0.4 is 11.3 Å². The van der Waals surface area contributed by atoms with Gasteiger partial charge in [0.25, 0.3) is 0 Å². The third-order valence-corrected chi connectivity index (χ3v) is 7.50. The Morgan fingerprint density at radius 2 is 1.97 bits per heavy atom. The Bertz CT molecular complexity index is 1200. The number of nitrogens with one attached hydrogen (secondary N) is 1. The van der Waals surface area contributed by atoms with Gasteiger partial charge in [0.15, 0.2) is 0 Å². The van der Waals surface area contributed by atoms with Gasteiger partial charge in [0, 0.05) is 16.8 Å². The van der Waals surface area contributed by atoms with Gasteiger partial charge in [-0.15, -0.1) is 0 Å². The average molecular weight is 481 g/mol. The summed E-state index contributed by atoms with van der Waals surface area (Å²) in [5.41, 5.74) is 6.91. The number of unbranched alkanes of at least 4 members (excludes halogenated alkanes) is 1. The number of phenols is 1. The number of aromatic nitrogens is 1. The van der Waals surface area contributed by atoms with Crippen LogP contribution in [0.4, 0.5) is 4.39 Å². The molecule has 1 aliphatic rings. The first kappa shape index (κ1) is 25.2. The third-order valence-electron chi connectivity index (χ3n) is 7.50. The zero-order valence-electron chi connectivity index (χ0n) is 21.0. The highest BCUT2D eigenvalue weighted by molar-refractivity contribution is 5.97. The molecule has 35 heavy (non-hydrogen) atoms. The lowest BCUT2D eigenvalue weighted by molar-refractivity contribution is -0.122. The van der Waals surface area contributed by atoms with E-state index in [-0.39, 0.29) is 23.4 Å². The summed E-state index contributed by atoms with van der Waals surface area (Å²) in [6.45, 7) is 9.59. The molecule has 0 bridgehead atoms. The highest BCUT2D eigenvalue weighted by Gasteiger charge is 2.36. The predicted octanol–water partition coefficient (Wildman–Crippen LogP) is 5.11. The molecule has 0 saturated heterocycles. The molecule has 2 aromatic carbocycles. The quantitative estimate of drug-likeness (QED) is 0.172. The molecule has 6 nitrogen and oxygen atoms in total. The maximum atomic E-state index is 14.4. The van der Waals surface area contributed by atoms with Crippen LogP contribution in [-0.2, 0) is 11.2 Å². The molecule has 3 aromatic rings. The number of amides is 1. The molecule has 2 unspecified atom stereocenters. The molecule has 1 heterocycles. The summed E-state index contributed by atoms with van der Waals surface area (Å²) in [7, 11) is 0. The zero-order valence-corrected chi connectivity index (χ0v) is 21.0. The van der Waals surface area contributed by atoms with Gasteiger partial charge in [-0.25, -0.2) is 10.2 Å². The number of carbonyl (C=O) groups is 1. The van der Waals surface area contributed by atoms with E-state index in [1.54, 1.807) is 12.1 Å². The first-order chi connectivity index (χ1) is 16.9. The number of nitrogens with two attached hydrogens (primary N) is 1. The molecule has 0 spiro atoms. The van der Waals surface area contributed by atoms with Gasteiger partial charge in [0.2, 0.25) is 5.91 Å². The minimum Gasteiger partial charge on any atom is -0.508 e. The number of phenolic OH excluding ortho intramolecular Hbond substituents is 1. The van der Waals surface area contributed by atoms with Crippen LogP contribution >= 0.6 is 0 Å². The Labute approximate surface area is 206 Å². The summed E-state index contributed by atoms with van der Waals surface area (Å²) in [5.74, 6) is 4.94. The average Bonchev–Trinajstić information content (AvgIpc) is 3.20. The summed E-state index contributed by atoms with van der Waals surface area (Å²) in [6.07, 6.45) is 4.30. The molecular weight excluding hydrogens is 443 g/mol. The molecule has 0 saturated carbocycles. The van der Waals surface area contributed by atoms with E-state index in [1.807, 2.05) is 12.1 Å². The minimum atomic E-state index is -0.416. The second-order valence-electron chi connectivity index (χ2n) is 9.64. The van der Waals surface area contributed by atoms with Crippen molar-refractivity contribution in [2.24, 2.45) is 5.84 Å². The number of rotatable bonds is 9. The van der Waals surface area contributed by atoms with Crippen molar-refractivity contribution in [1.29, 1.82) is 0 Å². The van der Waals surface area contributed by atoms with Gasteiger partial charge in [-0.1, -0.05) is 26.8 Å². The topological polar surface area (TPSA) is 83.5 Å². The van der Waals surface area contributed by atoms with E-state index in [1.165, 1.54) is 12.1 Å². The minimum absolute atomic E-state index is 0.167. The summed E-state index contributed by atoms with van der Waals surface area (Å²) < 4.78 is 16.5. The fourth-order valence-electron chi connectivity index (χ4n) is 5.70. The van der Waals surface area contributed by atoms with E-state index in [2.05, 4.69) is 35.7 Å². The first-order valence-electron chi connectivity index (χ1n) is 12.8. The molecular formula is C28H37FN4O2. The Morgan fingerprint density at radius 3 is 2.66 bits per heavy atom. The number of halogens is 1. The lowest BCUT2D eigenvalue weighted by atomic mass is 9.79. The summed E-state index contributed by atoms with van der Waals surface area (Å²) in [4.78, 5) is 15.2. The fourth-order valence-corrected chi connectivity index (χ4v) is 5.70. The van der Waals surface area contributed by atoms with E-state index < -0.39 is 5.92 Å². The van der Waals surface area contributed by atoms with Gasteiger partial charge in [0.05, 0.1) is 11.4 Å². The van der Waals surface area contributed by atoms with Crippen LogP contribution in [0.5, 0.6) is 5.75 Å². The third kappa shape index (κ3) is 4.93. The monoisotopic (exact) mass is 480 g/mol. The van der Waals surface area contributed by atoms with Crippen LogP contribution in [0, 0.1) is 5.82 Å². The standard InChI is InChI=1S/C28H37FN4O2/c1-4-32(5-2)14-7-6-9-19-15-22(34)17-24-25-23(28(35)31-30)13-12-18(3)26(25)33(27(19)24)21-11-8-10-20(29)16-21/h8,10-11,15-18,23,34H,4-7,9,12-14,30H2,1-3H3,(H,31,35). The van der Waals surface area contributed by atoms with Crippen molar-refractivity contribution >= 4 is 16.8 Å². The Kier molecular flexibility index (Phi) is 7.77. The summed E-state index contributed by atoms with van der Waals surface area (Å²) in [6, 6.07) is 10.2. The SMILES string of the molecule is CCN(CC)CCCCc1cc(O)cc2c3c(n(-c4cccc(F)c4)c12)C(C)CCC3C(=O)NN. The van der Waals surface area contributed by atoms with Crippen LogP contribution in [-0.4, -0.2) is 40.1 Å². The molecule has 0 fully saturated rings. The Balaban J connectivity index is 1.89. The molecule has 1 amide bonds. The molecule has 1 aliphatic carbocycles. The van der Waals surface area contributed by atoms with E-state index >= 15 is 0 Å². The molecule has 4 N–H and O–H groups in total. The molecule has 2 atom stereocenters. The Hall–Kier alpha value is -2.90. The molecule has 4 rings (SSSR count). The maximum absolute atomic E-state index is 14.4. The van der Waals surface area contributed by atoms with Crippen LogP contribution in [0.3, 0.4) is 0 Å². The van der Waals surface area contributed by atoms with Crippen LogP contribution in [0.2, 0.25) is 0 Å². The normalized spacial score (nSPS) is 17.7. The number of carbonyl (C=O) groups excluding carboxylic acids is 1. The Morgan fingerprint density at radius 1 is 1.20 bits per heavy atom. The number of hydrazine groups is 1. The van der Waals surface area contributed by atoms with Crippen LogP contribution in [0.1, 0.15) is 75.1 Å². The predicted molar refractivity (Wildman–Crippen MR) is 138 cm³/mol. The van der Waals surface area contributed by atoms with Gasteiger partial charge in [0.1, 0.15) is 11.6 Å². The number of hydrogen-bond acceptors (Lipinski definition) is 4. The molecule has 7 heteroatoms. The second-order valence-corrected chi connectivity index (χ2v) is 9.64. The smallest absolute Gasteiger partial charge is 0.241 e. The second kappa shape index (κ2) is 10.8. The van der Waals surface area contributed by atoms with Crippen molar-refractivity contribution < 1.29 is 14.3 Å². The number of fused-ring (bicyclic) bond motifs is 3. The maximum Gasteiger partial charge on any atom is 0.241 e. The number of hydrogen-bond donors (Lipinski definition) is 3. The van der Waals surface area contributed by atoms with Gasteiger partial charge in [-0.3, -0.25) is 10.2 Å². The van der Waals surface area contributed by atoms with E-state index in [0.29, 0.717) is 6.42 Å². The van der Waals surface area contributed by atoms with Crippen molar-refractivity contribution in [2.75, 3.05) is 19.6 Å². The zero-order chi connectivity index (χ0) is 25.1. The summed E-state index contributed by atoms with van der Waals surface area (Å²) in [5, 5.41) is 11.6. The molecule has 0 radical (unpaired) electrons. The lowest BCUT2D eigenvalue weighted by Crippen LogP contribution is -2.36. The fraction of sp³-hybridized carbons (Fsp3) is 0.464. The van der Waals surface area contributed by atoms with Crippen molar-refractivity contribution in [3.63, 3.8) is 0 Å². The highest BCUT2D eigenvalue weighted by atomic mass is 19.1.